The van der Waals surface area contributed by atoms with Crippen molar-refractivity contribution in [2.45, 2.75) is 23.8 Å². The van der Waals surface area contributed by atoms with Gasteiger partial charge in [-0.2, -0.15) is 0 Å². The lowest BCUT2D eigenvalue weighted by molar-refractivity contribution is -0.147. The SMILES string of the molecule is CSc1c(CCC(=O)O)cccc1C(O)C(=O)O. The van der Waals surface area contributed by atoms with Crippen LogP contribution in [0.1, 0.15) is 23.7 Å². The number of aliphatic carboxylic acids is 2. The van der Waals surface area contributed by atoms with Gasteiger partial charge in [-0.3, -0.25) is 4.79 Å². The number of carbonyl (C=O) groups is 2. The Bertz CT molecular complexity index is 458. The summed E-state index contributed by atoms with van der Waals surface area (Å²) in [5.74, 6) is -2.23. The van der Waals surface area contributed by atoms with Crippen molar-refractivity contribution in [1.29, 1.82) is 0 Å². The number of aliphatic hydroxyl groups is 1. The summed E-state index contributed by atoms with van der Waals surface area (Å²) in [7, 11) is 0. The molecule has 0 amide bonds. The molecule has 0 heterocycles. The van der Waals surface area contributed by atoms with Crippen LogP contribution in [-0.4, -0.2) is 33.5 Å². The third-order valence-corrected chi connectivity index (χ3v) is 3.37. The molecule has 1 unspecified atom stereocenters. The molecule has 1 atom stereocenters. The van der Waals surface area contributed by atoms with Crippen molar-refractivity contribution in [3.63, 3.8) is 0 Å². The number of hydrogen-bond donors (Lipinski definition) is 3. The Morgan fingerprint density at radius 1 is 1.33 bits per heavy atom. The molecule has 0 aromatic heterocycles. The first-order chi connectivity index (χ1) is 8.47. The summed E-state index contributed by atoms with van der Waals surface area (Å²) < 4.78 is 0. The molecule has 0 aliphatic carbocycles. The van der Waals surface area contributed by atoms with Gasteiger partial charge < -0.3 is 15.3 Å². The molecule has 3 N–H and O–H groups in total. The van der Waals surface area contributed by atoms with E-state index in [4.69, 9.17) is 10.2 Å². The van der Waals surface area contributed by atoms with Crippen LogP contribution < -0.4 is 0 Å². The summed E-state index contributed by atoms with van der Waals surface area (Å²) in [6.45, 7) is 0. The highest BCUT2D eigenvalue weighted by atomic mass is 32.2. The van der Waals surface area contributed by atoms with Crippen LogP contribution in [-0.2, 0) is 16.0 Å². The van der Waals surface area contributed by atoms with Gasteiger partial charge in [-0.15, -0.1) is 11.8 Å². The topological polar surface area (TPSA) is 94.8 Å². The minimum Gasteiger partial charge on any atom is -0.481 e. The monoisotopic (exact) mass is 270 g/mol. The summed E-state index contributed by atoms with van der Waals surface area (Å²) in [6, 6.07) is 4.90. The third-order valence-electron chi connectivity index (χ3n) is 2.47. The number of carboxylic acid groups (broad SMARTS) is 2. The van der Waals surface area contributed by atoms with Gasteiger partial charge in [0.1, 0.15) is 0 Å². The number of aryl methyl sites for hydroxylation is 1. The molecular weight excluding hydrogens is 256 g/mol. The zero-order valence-electron chi connectivity index (χ0n) is 9.79. The van der Waals surface area contributed by atoms with Crippen LogP contribution in [0, 0.1) is 0 Å². The zero-order valence-corrected chi connectivity index (χ0v) is 10.6. The van der Waals surface area contributed by atoms with Gasteiger partial charge in [0.25, 0.3) is 0 Å². The maximum Gasteiger partial charge on any atom is 0.337 e. The first kappa shape index (κ1) is 14.5. The smallest absolute Gasteiger partial charge is 0.337 e. The fraction of sp³-hybridized carbons (Fsp3) is 0.333. The zero-order chi connectivity index (χ0) is 13.7. The lowest BCUT2D eigenvalue weighted by Crippen LogP contribution is -2.12. The van der Waals surface area contributed by atoms with Crippen molar-refractivity contribution in [3.05, 3.63) is 29.3 Å². The van der Waals surface area contributed by atoms with E-state index in [2.05, 4.69) is 0 Å². The van der Waals surface area contributed by atoms with Crippen molar-refractivity contribution in [1.82, 2.24) is 0 Å². The van der Waals surface area contributed by atoms with Gasteiger partial charge in [0.2, 0.25) is 0 Å². The molecule has 0 bridgehead atoms. The average molecular weight is 270 g/mol. The highest BCUT2D eigenvalue weighted by molar-refractivity contribution is 7.98. The molecule has 0 fully saturated rings. The molecule has 0 aliphatic heterocycles. The number of aliphatic hydroxyl groups excluding tert-OH is 1. The average Bonchev–Trinajstić information content (AvgIpc) is 2.34. The van der Waals surface area contributed by atoms with Gasteiger partial charge in [-0.25, -0.2) is 4.79 Å². The molecule has 0 radical (unpaired) electrons. The van der Waals surface area contributed by atoms with E-state index in [0.717, 1.165) is 5.56 Å². The predicted molar refractivity (Wildman–Crippen MR) is 66.8 cm³/mol. The molecule has 1 aromatic carbocycles. The Balaban J connectivity index is 3.09. The van der Waals surface area contributed by atoms with E-state index in [1.807, 2.05) is 0 Å². The van der Waals surface area contributed by atoms with Gasteiger partial charge >= 0.3 is 11.9 Å². The van der Waals surface area contributed by atoms with Crippen molar-refractivity contribution in [2.75, 3.05) is 6.26 Å². The highest BCUT2D eigenvalue weighted by Gasteiger charge is 2.21. The van der Waals surface area contributed by atoms with Crippen LogP contribution in [0.25, 0.3) is 0 Å². The Kier molecular flexibility index (Phi) is 5.18. The van der Waals surface area contributed by atoms with Crippen molar-refractivity contribution in [3.8, 4) is 0 Å². The Labute approximate surface area is 108 Å². The van der Waals surface area contributed by atoms with E-state index in [1.54, 1.807) is 18.4 Å². The van der Waals surface area contributed by atoms with Crippen LogP contribution in [0.5, 0.6) is 0 Å². The largest absolute Gasteiger partial charge is 0.481 e. The van der Waals surface area contributed by atoms with E-state index in [1.165, 1.54) is 17.8 Å². The molecule has 6 heteroatoms. The second-order valence-corrected chi connectivity index (χ2v) is 4.49. The van der Waals surface area contributed by atoms with Crippen LogP contribution in [0.4, 0.5) is 0 Å². The molecule has 0 aliphatic rings. The van der Waals surface area contributed by atoms with Gasteiger partial charge in [0.15, 0.2) is 6.10 Å². The number of thioether (sulfide) groups is 1. The van der Waals surface area contributed by atoms with Gasteiger partial charge in [0, 0.05) is 16.9 Å². The molecule has 1 aromatic rings. The fourth-order valence-electron chi connectivity index (χ4n) is 1.64. The molecule has 5 nitrogen and oxygen atoms in total. The Morgan fingerprint density at radius 3 is 2.50 bits per heavy atom. The number of carboxylic acids is 2. The summed E-state index contributed by atoms with van der Waals surface area (Å²) in [6.07, 6.45) is 0.459. The van der Waals surface area contributed by atoms with E-state index in [9.17, 15) is 14.7 Å². The summed E-state index contributed by atoms with van der Waals surface area (Å²) in [5.41, 5.74) is 1.04. The standard InChI is InChI=1S/C12H14O5S/c1-18-11-7(5-6-9(13)14)3-2-4-8(11)10(15)12(16)17/h2-4,10,15H,5-6H2,1H3,(H,13,14)(H,16,17). The molecular formula is C12H14O5S. The summed E-state index contributed by atoms with van der Waals surface area (Å²) in [5, 5.41) is 27.0. The van der Waals surface area contributed by atoms with E-state index >= 15 is 0 Å². The number of rotatable bonds is 6. The molecule has 0 saturated heterocycles. The van der Waals surface area contributed by atoms with Crippen LogP contribution in [0.15, 0.2) is 23.1 Å². The maximum absolute atomic E-state index is 10.8. The molecule has 98 valence electrons. The molecule has 18 heavy (non-hydrogen) atoms. The Hall–Kier alpha value is -1.53. The molecule has 0 saturated carbocycles. The van der Waals surface area contributed by atoms with E-state index < -0.39 is 18.0 Å². The van der Waals surface area contributed by atoms with Crippen molar-refractivity contribution < 1.29 is 24.9 Å². The van der Waals surface area contributed by atoms with Crippen molar-refractivity contribution >= 4 is 23.7 Å². The second-order valence-electron chi connectivity index (χ2n) is 3.67. The summed E-state index contributed by atoms with van der Waals surface area (Å²) >= 11 is 1.30. The lowest BCUT2D eigenvalue weighted by atomic mass is 10.0. The predicted octanol–water partition coefficient (Wildman–Crippen LogP) is 1.54. The lowest BCUT2D eigenvalue weighted by Gasteiger charge is -2.14. The van der Waals surface area contributed by atoms with Gasteiger partial charge in [-0.05, 0) is 18.2 Å². The molecule has 1 rings (SSSR count). The normalized spacial score (nSPS) is 12.1. The van der Waals surface area contributed by atoms with E-state index in [-0.39, 0.29) is 6.42 Å². The highest BCUT2D eigenvalue weighted by Crippen LogP contribution is 2.30. The first-order valence-corrected chi connectivity index (χ1v) is 6.48. The van der Waals surface area contributed by atoms with Crippen LogP contribution in [0.2, 0.25) is 0 Å². The fourth-order valence-corrected chi connectivity index (χ4v) is 2.49. The van der Waals surface area contributed by atoms with Gasteiger partial charge in [0.05, 0.1) is 0 Å². The van der Waals surface area contributed by atoms with Crippen LogP contribution in [0.3, 0.4) is 0 Å². The minimum absolute atomic E-state index is 0.0276. The van der Waals surface area contributed by atoms with Gasteiger partial charge in [-0.1, -0.05) is 18.2 Å². The third kappa shape index (κ3) is 3.48. The number of benzene rings is 1. The maximum atomic E-state index is 10.8. The minimum atomic E-state index is -1.59. The first-order valence-electron chi connectivity index (χ1n) is 5.25. The molecule has 0 spiro atoms. The second kappa shape index (κ2) is 6.42. The summed E-state index contributed by atoms with van der Waals surface area (Å²) in [4.78, 5) is 22.0. The van der Waals surface area contributed by atoms with E-state index in [0.29, 0.717) is 16.9 Å². The van der Waals surface area contributed by atoms with Crippen LogP contribution >= 0.6 is 11.8 Å². The quantitative estimate of drug-likeness (QED) is 0.679. The Morgan fingerprint density at radius 2 is 2.00 bits per heavy atom. The van der Waals surface area contributed by atoms with Crippen molar-refractivity contribution in [2.24, 2.45) is 0 Å². The number of hydrogen-bond acceptors (Lipinski definition) is 4.